The summed E-state index contributed by atoms with van der Waals surface area (Å²) in [5, 5.41) is 11.5. The predicted molar refractivity (Wildman–Crippen MR) is 137 cm³/mol. The number of carboxylic acid groups (broad SMARTS) is 1. The molecule has 1 aromatic heterocycles. The lowest BCUT2D eigenvalue weighted by Gasteiger charge is -2.38. The van der Waals surface area contributed by atoms with Crippen molar-refractivity contribution < 1.29 is 23.8 Å². The Balaban J connectivity index is 0.000000583. The number of pyridine rings is 1. The summed E-state index contributed by atoms with van der Waals surface area (Å²) in [7, 11) is 0. The van der Waals surface area contributed by atoms with Crippen molar-refractivity contribution in [2.24, 2.45) is 10.7 Å². The van der Waals surface area contributed by atoms with Gasteiger partial charge in [-0.3, -0.25) is 9.59 Å². The molecule has 1 saturated heterocycles. The highest BCUT2D eigenvalue weighted by Crippen LogP contribution is 2.40. The van der Waals surface area contributed by atoms with E-state index in [9.17, 15) is 19.5 Å². The van der Waals surface area contributed by atoms with Gasteiger partial charge in [-0.05, 0) is 25.8 Å². The summed E-state index contributed by atoms with van der Waals surface area (Å²) in [5.41, 5.74) is 4.46. The zero-order chi connectivity index (χ0) is 26.8. The maximum Gasteiger partial charge on any atom is 0.341 e. The number of anilines is 1. The first-order valence-corrected chi connectivity index (χ1v) is 11.6. The van der Waals surface area contributed by atoms with E-state index in [1.54, 1.807) is 4.57 Å². The van der Waals surface area contributed by atoms with Crippen LogP contribution in [0.25, 0.3) is 10.9 Å². The molecule has 11 nitrogen and oxygen atoms in total. The lowest BCUT2D eigenvalue weighted by Crippen LogP contribution is -2.46. The molecule has 3 heterocycles. The summed E-state index contributed by atoms with van der Waals surface area (Å²) >= 11 is 0. The summed E-state index contributed by atoms with van der Waals surface area (Å²) < 4.78 is 22.6. The first-order chi connectivity index (χ1) is 17.4. The minimum Gasteiger partial charge on any atom is -0.487 e. The first-order valence-electron chi connectivity index (χ1n) is 11.6. The normalized spacial score (nSPS) is 14.5. The number of nitrogens with zero attached hydrogens (tertiary/aromatic N) is 4. The topological polar surface area (TPSA) is 142 Å². The monoisotopic (exact) mass is 504 g/mol. The highest BCUT2D eigenvalue weighted by Gasteiger charge is 2.29. The third-order valence-corrected chi connectivity index (χ3v) is 5.59. The molecule has 196 valence electrons. The van der Waals surface area contributed by atoms with Crippen molar-refractivity contribution in [3.8, 4) is 5.75 Å². The molecule has 0 spiro atoms. The number of carbonyl (C=O) groups is 2. The number of amides is 1. The number of halogens is 1. The Morgan fingerprint density at radius 2 is 1.97 bits per heavy atom. The molecule has 2 aliphatic rings. The van der Waals surface area contributed by atoms with Crippen molar-refractivity contribution >= 4 is 35.7 Å². The van der Waals surface area contributed by atoms with Crippen molar-refractivity contribution in [3.05, 3.63) is 45.8 Å². The average Bonchev–Trinajstić information content (AvgIpc) is 2.89. The second-order valence-corrected chi connectivity index (χ2v) is 7.46. The molecule has 36 heavy (non-hydrogen) atoms. The fraction of sp³-hybridized carbons (Fsp3) is 0.417. The Morgan fingerprint density at radius 3 is 2.47 bits per heavy atom. The largest absolute Gasteiger partial charge is 0.487 e. The molecule has 0 radical (unpaired) electrons. The molecule has 1 amide bonds. The highest BCUT2D eigenvalue weighted by atomic mass is 19.1. The molecule has 4 N–H and O–H groups in total. The van der Waals surface area contributed by atoms with Gasteiger partial charge < -0.3 is 35.3 Å². The van der Waals surface area contributed by atoms with Crippen molar-refractivity contribution in [1.29, 1.82) is 0 Å². The summed E-state index contributed by atoms with van der Waals surface area (Å²) in [6.45, 7) is 12.7. The van der Waals surface area contributed by atoms with Gasteiger partial charge in [-0.1, -0.05) is 13.8 Å². The van der Waals surface area contributed by atoms with E-state index < -0.39 is 17.2 Å². The number of piperazine rings is 1. The zero-order valence-corrected chi connectivity index (χ0v) is 20.8. The number of aromatic nitrogens is 1. The number of ether oxygens (including phenoxy) is 1. The molecule has 2 aliphatic heterocycles. The van der Waals surface area contributed by atoms with E-state index in [4.69, 9.17) is 10.5 Å². The molecular weight excluding hydrogens is 471 g/mol. The minimum absolute atomic E-state index is 0.0199. The number of aliphatic imine (C=N–C) groups is 1. The fourth-order valence-corrected chi connectivity index (χ4v) is 4.08. The van der Waals surface area contributed by atoms with Gasteiger partial charge in [0, 0.05) is 32.4 Å². The first kappa shape index (κ1) is 28.3. The molecule has 1 fully saturated rings. The molecule has 1 aromatic carbocycles. The van der Waals surface area contributed by atoms with Gasteiger partial charge in [0.15, 0.2) is 11.6 Å². The molecule has 0 aliphatic carbocycles. The number of rotatable bonds is 6. The lowest BCUT2D eigenvalue weighted by molar-refractivity contribution is -0.109. The van der Waals surface area contributed by atoms with Crippen LogP contribution in [0.2, 0.25) is 0 Å². The van der Waals surface area contributed by atoms with Crippen LogP contribution in [0.4, 0.5) is 10.1 Å². The van der Waals surface area contributed by atoms with Gasteiger partial charge >= 0.3 is 5.97 Å². The molecule has 4 rings (SSSR count). The van der Waals surface area contributed by atoms with Crippen LogP contribution in [-0.2, 0) is 11.3 Å². The summed E-state index contributed by atoms with van der Waals surface area (Å²) in [4.78, 5) is 41.2. The highest BCUT2D eigenvalue weighted by molar-refractivity contribution is 5.97. The van der Waals surface area contributed by atoms with E-state index >= 15 is 4.39 Å². The number of nitrogens with two attached hydrogens (primary N) is 1. The molecule has 12 heteroatoms. The fourth-order valence-electron chi connectivity index (χ4n) is 4.08. The van der Waals surface area contributed by atoms with Crippen LogP contribution < -0.4 is 26.1 Å². The maximum absolute atomic E-state index is 15.1. The molecular formula is C24H33FN6O5. The van der Waals surface area contributed by atoms with Gasteiger partial charge in [0.25, 0.3) is 0 Å². The summed E-state index contributed by atoms with van der Waals surface area (Å²) in [5.74, 6) is -0.842. The van der Waals surface area contributed by atoms with Crippen LogP contribution in [0, 0.1) is 5.82 Å². The Morgan fingerprint density at radius 1 is 1.31 bits per heavy atom. The second-order valence-electron chi connectivity index (χ2n) is 7.46. The Kier molecular flexibility index (Phi) is 10.4. The lowest BCUT2D eigenvalue weighted by atomic mass is 10.1. The summed E-state index contributed by atoms with van der Waals surface area (Å²) in [6.07, 6.45) is 3.75. The van der Waals surface area contributed by atoms with Gasteiger partial charge in [-0.2, -0.15) is 0 Å². The molecule has 0 unspecified atom stereocenters. The number of carbonyl (C=O) groups excluding carboxylic acids is 1. The van der Waals surface area contributed by atoms with Crippen LogP contribution in [-0.4, -0.2) is 73.1 Å². The van der Waals surface area contributed by atoms with E-state index in [0.29, 0.717) is 56.1 Å². The maximum atomic E-state index is 15.1. The van der Waals surface area contributed by atoms with Crippen molar-refractivity contribution in [3.63, 3.8) is 0 Å². The van der Waals surface area contributed by atoms with E-state index in [-0.39, 0.29) is 24.2 Å². The predicted octanol–water partition coefficient (Wildman–Crippen LogP) is 1.59. The number of nitrogens with one attached hydrogen (secondary N) is 1. The number of allylic oxidation sites excluding steroid dienone is 1. The van der Waals surface area contributed by atoms with Crippen LogP contribution in [0.15, 0.2) is 33.9 Å². The van der Waals surface area contributed by atoms with Gasteiger partial charge in [0.1, 0.15) is 23.7 Å². The third-order valence-electron chi connectivity index (χ3n) is 5.59. The quantitative estimate of drug-likeness (QED) is 0.306. The molecule has 0 saturated carbocycles. The van der Waals surface area contributed by atoms with Crippen LogP contribution in [0.3, 0.4) is 0 Å². The molecule has 0 bridgehead atoms. The summed E-state index contributed by atoms with van der Waals surface area (Å²) in [6, 6.07) is 1.13. The third kappa shape index (κ3) is 5.82. The van der Waals surface area contributed by atoms with E-state index in [2.05, 4.69) is 21.9 Å². The smallest absolute Gasteiger partial charge is 0.341 e. The number of hydrogen-bond acceptors (Lipinski definition) is 8. The van der Waals surface area contributed by atoms with Crippen LogP contribution in [0.1, 0.15) is 31.1 Å². The van der Waals surface area contributed by atoms with E-state index in [1.165, 1.54) is 6.20 Å². The van der Waals surface area contributed by atoms with Crippen molar-refractivity contribution in [2.45, 2.75) is 27.3 Å². The Labute approximate surface area is 208 Å². The van der Waals surface area contributed by atoms with Crippen LogP contribution in [0.5, 0.6) is 5.75 Å². The van der Waals surface area contributed by atoms with Crippen molar-refractivity contribution in [2.75, 3.05) is 44.4 Å². The zero-order valence-electron chi connectivity index (χ0n) is 20.8. The SMILES string of the molecule is C=N/C(=C\C)N1CCN(c2c(F)cc3c(=O)c(C(=O)O)cn4c3c2OCC4)CC1.CC.NCNC=O. The molecule has 2 aromatic rings. The van der Waals surface area contributed by atoms with Gasteiger partial charge in [-0.25, -0.2) is 14.2 Å². The Hall–Kier alpha value is -3.93. The molecule has 0 atom stereocenters. The van der Waals surface area contributed by atoms with Gasteiger partial charge in [0.05, 0.1) is 24.1 Å². The van der Waals surface area contributed by atoms with Gasteiger partial charge in [0.2, 0.25) is 11.8 Å². The average molecular weight is 505 g/mol. The number of benzene rings is 1. The standard InChI is InChI=1S/C20H21FN4O4.C2H6N2O.C2H6/c1-3-15(22-2)23-4-6-24(7-5-23)17-14(21)10-12-16-19(17)29-9-8-25(16)11-13(18(12)26)20(27)28;3-1-4-2-5;1-2/h3,10-11H,2,4-9H2,1H3,(H,27,28);2H,1,3H2,(H,4,5);1-2H3/b15-3+;;. The second kappa shape index (κ2) is 13.2. The van der Waals surface area contributed by atoms with E-state index in [0.717, 1.165) is 11.9 Å². The number of carboxylic acids is 1. The van der Waals surface area contributed by atoms with Gasteiger partial charge in [-0.15, -0.1) is 0 Å². The minimum atomic E-state index is -1.33. The number of hydrogen-bond donors (Lipinski definition) is 3. The van der Waals surface area contributed by atoms with Crippen LogP contribution >= 0.6 is 0 Å². The number of aromatic carboxylic acids is 1. The Bertz CT molecular complexity index is 1190. The van der Waals surface area contributed by atoms with E-state index in [1.807, 2.05) is 31.7 Å². The van der Waals surface area contributed by atoms with Crippen molar-refractivity contribution in [1.82, 2.24) is 14.8 Å².